The van der Waals surface area contributed by atoms with Gasteiger partial charge in [0.25, 0.3) is 0 Å². The Morgan fingerprint density at radius 3 is 2.90 bits per heavy atom. The lowest BCUT2D eigenvalue weighted by Gasteiger charge is -2.08. The van der Waals surface area contributed by atoms with Gasteiger partial charge in [0.05, 0.1) is 17.6 Å². The molecule has 0 aliphatic carbocycles. The average Bonchev–Trinajstić information content (AvgIpc) is 3.07. The molecule has 0 bridgehead atoms. The number of carboxylic acid groups (broad SMARTS) is 1. The van der Waals surface area contributed by atoms with Crippen molar-refractivity contribution < 1.29 is 23.3 Å². The first-order chi connectivity index (χ1) is 10.1. The molecule has 1 aliphatic rings. The predicted octanol–water partition coefficient (Wildman–Crippen LogP) is 2.56. The number of rotatable bonds is 5. The van der Waals surface area contributed by atoms with Crippen molar-refractivity contribution in [3.05, 3.63) is 35.6 Å². The second kappa shape index (κ2) is 5.99. The van der Waals surface area contributed by atoms with Crippen LogP contribution in [0.15, 0.2) is 28.7 Å². The van der Waals surface area contributed by atoms with Crippen LogP contribution in [0.25, 0.3) is 11.0 Å². The van der Waals surface area contributed by atoms with Crippen molar-refractivity contribution in [1.29, 1.82) is 0 Å². The van der Waals surface area contributed by atoms with Gasteiger partial charge in [-0.3, -0.25) is 4.21 Å². The Hall–Kier alpha value is -1.66. The van der Waals surface area contributed by atoms with Crippen LogP contribution in [-0.2, 0) is 21.3 Å². The van der Waals surface area contributed by atoms with Crippen molar-refractivity contribution >= 4 is 27.7 Å². The Morgan fingerprint density at radius 2 is 2.19 bits per heavy atom. The highest BCUT2D eigenvalue weighted by Gasteiger charge is 2.24. The van der Waals surface area contributed by atoms with E-state index in [1.54, 1.807) is 18.2 Å². The molecule has 21 heavy (non-hydrogen) atoms. The molecule has 0 spiro atoms. The summed E-state index contributed by atoms with van der Waals surface area (Å²) in [6.07, 6.45) is 1.94. The minimum absolute atomic E-state index is 0.0253. The summed E-state index contributed by atoms with van der Waals surface area (Å²) in [5.41, 5.74) is 1.02. The third-order valence-corrected chi connectivity index (χ3v) is 4.95. The highest BCUT2D eigenvalue weighted by Crippen LogP contribution is 2.27. The monoisotopic (exact) mass is 308 g/mol. The molecule has 5 nitrogen and oxygen atoms in total. The first kappa shape index (κ1) is 14.3. The Bertz CT molecular complexity index is 684. The van der Waals surface area contributed by atoms with E-state index in [1.807, 2.05) is 6.07 Å². The van der Waals surface area contributed by atoms with Crippen LogP contribution in [-0.4, -0.2) is 33.7 Å². The van der Waals surface area contributed by atoms with Gasteiger partial charge in [-0.15, -0.1) is 0 Å². The fourth-order valence-corrected chi connectivity index (χ4v) is 4.02. The molecule has 0 amide bonds. The highest BCUT2D eigenvalue weighted by atomic mass is 32.2. The molecule has 2 aromatic rings. The number of fused-ring (bicyclic) bond motifs is 1. The number of hydrogen-bond donors (Lipinski definition) is 1. The van der Waals surface area contributed by atoms with Gasteiger partial charge in [-0.05, 0) is 18.9 Å². The van der Waals surface area contributed by atoms with Gasteiger partial charge in [-0.2, -0.15) is 0 Å². The van der Waals surface area contributed by atoms with Gasteiger partial charge >= 0.3 is 5.97 Å². The van der Waals surface area contributed by atoms with E-state index >= 15 is 0 Å². The maximum Gasteiger partial charge on any atom is 0.372 e. The molecular formula is C15H16O5S. The van der Waals surface area contributed by atoms with Crippen LogP contribution in [0.3, 0.4) is 0 Å². The van der Waals surface area contributed by atoms with Crippen molar-refractivity contribution in [1.82, 2.24) is 0 Å². The molecule has 1 aliphatic heterocycles. The summed E-state index contributed by atoms with van der Waals surface area (Å²) in [7, 11) is -1.17. The third kappa shape index (κ3) is 3.01. The zero-order valence-electron chi connectivity index (χ0n) is 11.4. The topological polar surface area (TPSA) is 76.7 Å². The maximum absolute atomic E-state index is 12.3. The van der Waals surface area contributed by atoms with Crippen LogP contribution in [0.5, 0.6) is 0 Å². The van der Waals surface area contributed by atoms with E-state index in [9.17, 15) is 14.1 Å². The molecule has 3 rings (SSSR count). The van der Waals surface area contributed by atoms with Crippen LogP contribution < -0.4 is 0 Å². The smallest absolute Gasteiger partial charge is 0.372 e. The zero-order valence-corrected chi connectivity index (χ0v) is 12.2. The maximum atomic E-state index is 12.3. The van der Waals surface area contributed by atoms with Gasteiger partial charge in [-0.1, -0.05) is 18.2 Å². The van der Waals surface area contributed by atoms with Gasteiger partial charge < -0.3 is 14.3 Å². The number of furan rings is 1. The zero-order chi connectivity index (χ0) is 14.8. The lowest BCUT2D eigenvalue weighted by Crippen LogP contribution is -2.17. The van der Waals surface area contributed by atoms with Crippen molar-refractivity contribution in [2.75, 3.05) is 12.4 Å². The number of ether oxygens (including phenoxy) is 1. The summed E-state index contributed by atoms with van der Waals surface area (Å²) < 4.78 is 23.1. The summed E-state index contributed by atoms with van der Waals surface area (Å²) in [5.74, 6) is -0.621. The van der Waals surface area contributed by atoms with E-state index in [4.69, 9.17) is 9.15 Å². The standard InChI is InChI=1S/C15H16O5S/c16-15(17)14-12(11-5-1-2-6-13(11)20-14)9-21(18)8-10-4-3-7-19-10/h1-2,5-6,10H,3-4,7-9H2,(H,16,17). The van der Waals surface area contributed by atoms with Crippen LogP contribution in [0, 0.1) is 0 Å². The molecule has 1 aromatic heterocycles. The molecule has 6 heteroatoms. The average molecular weight is 308 g/mol. The van der Waals surface area contributed by atoms with Crippen molar-refractivity contribution in [3.8, 4) is 0 Å². The summed E-state index contributed by atoms with van der Waals surface area (Å²) in [4.78, 5) is 11.3. The van der Waals surface area contributed by atoms with Crippen molar-refractivity contribution in [3.63, 3.8) is 0 Å². The van der Waals surface area contributed by atoms with Gasteiger partial charge in [0.15, 0.2) is 0 Å². The molecule has 1 aromatic carbocycles. The molecule has 2 heterocycles. The van der Waals surface area contributed by atoms with Gasteiger partial charge in [0, 0.05) is 28.4 Å². The summed E-state index contributed by atoms with van der Waals surface area (Å²) in [6, 6.07) is 7.11. The summed E-state index contributed by atoms with van der Waals surface area (Å²) in [5, 5.41) is 9.96. The fraction of sp³-hybridized carbons (Fsp3) is 0.400. The van der Waals surface area contributed by atoms with Gasteiger partial charge in [-0.25, -0.2) is 4.79 Å². The second-order valence-electron chi connectivity index (χ2n) is 5.10. The highest BCUT2D eigenvalue weighted by molar-refractivity contribution is 7.84. The van der Waals surface area contributed by atoms with E-state index < -0.39 is 16.8 Å². The Labute approximate surface area is 124 Å². The van der Waals surface area contributed by atoms with Gasteiger partial charge in [0.2, 0.25) is 5.76 Å². The molecule has 112 valence electrons. The number of hydrogen-bond acceptors (Lipinski definition) is 4. The van der Waals surface area contributed by atoms with E-state index in [1.165, 1.54) is 0 Å². The first-order valence-electron chi connectivity index (χ1n) is 6.85. The quantitative estimate of drug-likeness (QED) is 0.918. The summed E-state index contributed by atoms with van der Waals surface area (Å²) in [6.45, 7) is 0.719. The Balaban J connectivity index is 1.86. The SMILES string of the molecule is O=C(O)c1oc2ccccc2c1CS(=O)CC1CCCO1. The van der Waals surface area contributed by atoms with Crippen LogP contribution >= 0.6 is 0 Å². The Morgan fingerprint density at radius 1 is 1.38 bits per heavy atom. The van der Waals surface area contributed by atoms with Crippen LogP contribution in [0.4, 0.5) is 0 Å². The molecule has 0 radical (unpaired) electrons. The molecule has 1 N–H and O–H groups in total. The second-order valence-corrected chi connectivity index (χ2v) is 6.60. The van der Waals surface area contributed by atoms with Crippen molar-refractivity contribution in [2.45, 2.75) is 24.7 Å². The summed E-state index contributed by atoms with van der Waals surface area (Å²) >= 11 is 0. The lowest BCUT2D eigenvalue weighted by atomic mass is 10.1. The number of aromatic carboxylic acids is 1. The third-order valence-electron chi connectivity index (χ3n) is 3.59. The molecule has 2 unspecified atom stereocenters. The molecular weight excluding hydrogens is 292 g/mol. The normalized spacial score (nSPS) is 19.9. The van der Waals surface area contributed by atoms with E-state index in [2.05, 4.69) is 0 Å². The van der Waals surface area contributed by atoms with Crippen LogP contribution in [0.2, 0.25) is 0 Å². The first-order valence-corrected chi connectivity index (χ1v) is 8.34. The van der Waals surface area contributed by atoms with E-state index in [0.29, 0.717) is 16.9 Å². The predicted molar refractivity (Wildman–Crippen MR) is 78.9 cm³/mol. The van der Waals surface area contributed by atoms with E-state index in [0.717, 1.165) is 24.8 Å². The minimum atomic E-state index is -1.17. The minimum Gasteiger partial charge on any atom is -0.475 e. The number of para-hydroxylation sites is 1. The van der Waals surface area contributed by atoms with Crippen LogP contribution in [0.1, 0.15) is 29.0 Å². The largest absolute Gasteiger partial charge is 0.475 e. The van der Waals surface area contributed by atoms with E-state index in [-0.39, 0.29) is 17.6 Å². The number of carbonyl (C=O) groups is 1. The number of benzene rings is 1. The van der Waals surface area contributed by atoms with Crippen molar-refractivity contribution in [2.24, 2.45) is 0 Å². The molecule has 1 fully saturated rings. The molecule has 2 atom stereocenters. The molecule has 0 saturated carbocycles. The van der Waals surface area contributed by atoms with Gasteiger partial charge in [0.1, 0.15) is 5.58 Å². The molecule has 1 saturated heterocycles. The number of carboxylic acids is 1. The fourth-order valence-electron chi connectivity index (χ4n) is 2.62. The Kier molecular flexibility index (Phi) is 4.07. The lowest BCUT2D eigenvalue weighted by molar-refractivity contribution is 0.0664.